The first kappa shape index (κ1) is 13.5. The maximum absolute atomic E-state index is 5.41. The fraction of sp³-hybridized carbons (Fsp3) is 0.400. The van der Waals surface area contributed by atoms with Gasteiger partial charge in [0.25, 0.3) is 0 Å². The molecule has 1 heterocycles. The molecule has 2 aromatic rings. The predicted molar refractivity (Wildman–Crippen MR) is 75.8 cm³/mol. The molecule has 102 valence electrons. The van der Waals surface area contributed by atoms with Crippen LogP contribution in [-0.2, 0) is 5.41 Å². The van der Waals surface area contributed by atoms with Gasteiger partial charge in [0.15, 0.2) is 0 Å². The lowest BCUT2D eigenvalue weighted by molar-refractivity contribution is 0.397. The Kier molecular flexibility index (Phi) is 3.51. The average Bonchev–Trinajstić information content (AvgIpc) is 2.86. The van der Waals surface area contributed by atoms with Crippen LogP contribution < -0.4 is 9.47 Å². The van der Waals surface area contributed by atoms with Crippen molar-refractivity contribution in [3.05, 3.63) is 30.2 Å². The van der Waals surface area contributed by atoms with Crippen LogP contribution in [0.4, 0.5) is 0 Å². The van der Waals surface area contributed by atoms with E-state index in [1.807, 2.05) is 24.4 Å². The number of aromatic nitrogens is 2. The molecule has 2 rings (SSSR count). The van der Waals surface area contributed by atoms with Crippen LogP contribution in [0.25, 0.3) is 11.3 Å². The van der Waals surface area contributed by atoms with Gasteiger partial charge >= 0.3 is 0 Å². The van der Waals surface area contributed by atoms with E-state index in [4.69, 9.17) is 9.47 Å². The van der Waals surface area contributed by atoms with E-state index >= 15 is 0 Å². The molecule has 0 saturated heterocycles. The third kappa shape index (κ3) is 2.57. The Bertz CT molecular complexity index is 546. The van der Waals surface area contributed by atoms with Gasteiger partial charge in [-0.05, 0) is 12.1 Å². The summed E-state index contributed by atoms with van der Waals surface area (Å²) < 4.78 is 10.8. The van der Waals surface area contributed by atoms with Gasteiger partial charge in [-0.1, -0.05) is 26.8 Å². The summed E-state index contributed by atoms with van der Waals surface area (Å²) in [6.07, 6.45) is 1.82. The number of hydrogen-bond donors (Lipinski definition) is 1. The maximum atomic E-state index is 5.41. The van der Waals surface area contributed by atoms with Gasteiger partial charge in [-0.25, -0.2) is 4.98 Å². The lowest BCUT2D eigenvalue weighted by Crippen LogP contribution is -2.13. The van der Waals surface area contributed by atoms with E-state index in [1.165, 1.54) is 0 Å². The van der Waals surface area contributed by atoms with Gasteiger partial charge in [-0.15, -0.1) is 0 Å². The van der Waals surface area contributed by atoms with Crippen LogP contribution in [0.1, 0.15) is 26.6 Å². The molecule has 4 heteroatoms. The minimum Gasteiger partial charge on any atom is -0.496 e. The number of rotatable bonds is 3. The van der Waals surface area contributed by atoms with Crippen molar-refractivity contribution in [2.45, 2.75) is 26.2 Å². The number of ether oxygens (including phenoxy) is 2. The standard InChI is InChI=1S/C15H20N2O2/c1-15(2,3)14-16-9-10(17-14)13-11(18-4)7-6-8-12(13)19-5/h6-9H,1-5H3,(H,16,17). The van der Waals surface area contributed by atoms with Crippen LogP contribution in [0.5, 0.6) is 11.5 Å². The second-order valence-corrected chi connectivity index (χ2v) is 5.43. The maximum Gasteiger partial charge on any atom is 0.131 e. The van der Waals surface area contributed by atoms with E-state index < -0.39 is 0 Å². The number of H-pyrrole nitrogens is 1. The molecule has 1 N–H and O–H groups in total. The molecule has 1 aromatic heterocycles. The number of nitrogens with one attached hydrogen (secondary N) is 1. The third-order valence-corrected chi connectivity index (χ3v) is 2.98. The summed E-state index contributed by atoms with van der Waals surface area (Å²) >= 11 is 0. The van der Waals surface area contributed by atoms with Gasteiger partial charge in [0, 0.05) is 5.41 Å². The molecule has 0 aliphatic carbocycles. The number of imidazole rings is 1. The second-order valence-electron chi connectivity index (χ2n) is 5.43. The van der Waals surface area contributed by atoms with Crippen LogP contribution in [0.2, 0.25) is 0 Å². The highest BCUT2D eigenvalue weighted by Crippen LogP contribution is 2.37. The van der Waals surface area contributed by atoms with E-state index in [1.54, 1.807) is 14.2 Å². The van der Waals surface area contributed by atoms with Crippen LogP contribution in [-0.4, -0.2) is 24.2 Å². The van der Waals surface area contributed by atoms with Gasteiger partial charge < -0.3 is 14.5 Å². The monoisotopic (exact) mass is 260 g/mol. The van der Waals surface area contributed by atoms with E-state index in [0.717, 1.165) is 28.6 Å². The minimum atomic E-state index is -0.0203. The molecular formula is C15H20N2O2. The van der Waals surface area contributed by atoms with E-state index in [9.17, 15) is 0 Å². The van der Waals surface area contributed by atoms with Gasteiger partial charge in [0.05, 0.1) is 31.7 Å². The number of methoxy groups -OCH3 is 2. The zero-order valence-electron chi connectivity index (χ0n) is 12.1. The lowest BCUT2D eigenvalue weighted by Gasteiger charge is -2.15. The number of benzene rings is 1. The van der Waals surface area contributed by atoms with Crippen molar-refractivity contribution in [1.82, 2.24) is 9.97 Å². The summed E-state index contributed by atoms with van der Waals surface area (Å²) in [7, 11) is 3.30. The molecule has 0 unspecified atom stereocenters. The Morgan fingerprint density at radius 1 is 1.05 bits per heavy atom. The summed E-state index contributed by atoms with van der Waals surface area (Å²) in [6.45, 7) is 6.36. The SMILES string of the molecule is COc1cccc(OC)c1-c1cnc(C(C)(C)C)[nH]1. The van der Waals surface area contributed by atoms with Gasteiger partial charge in [-0.3, -0.25) is 0 Å². The molecule has 19 heavy (non-hydrogen) atoms. The normalized spacial score (nSPS) is 11.4. The quantitative estimate of drug-likeness (QED) is 0.920. The number of hydrogen-bond acceptors (Lipinski definition) is 3. The van der Waals surface area contributed by atoms with Crippen molar-refractivity contribution in [1.29, 1.82) is 0 Å². The van der Waals surface area contributed by atoms with Crippen LogP contribution in [0, 0.1) is 0 Å². The Morgan fingerprint density at radius 2 is 1.63 bits per heavy atom. The van der Waals surface area contributed by atoms with Crippen LogP contribution >= 0.6 is 0 Å². The zero-order chi connectivity index (χ0) is 14.0. The molecule has 0 radical (unpaired) electrons. The van der Waals surface area contributed by atoms with Crippen molar-refractivity contribution in [2.24, 2.45) is 0 Å². The first-order valence-electron chi connectivity index (χ1n) is 6.24. The summed E-state index contributed by atoms with van der Waals surface area (Å²) in [5.74, 6) is 2.47. The lowest BCUT2D eigenvalue weighted by atomic mass is 9.96. The highest BCUT2D eigenvalue weighted by molar-refractivity contribution is 5.74. The van der Waals surface area contributed by atoms with Gasteiger partial charge in [-0.2, -0.15) is 0 Å². The first-order valence-corrected chi connectivity index (χ1v) is 6.24. The second kappa shape index (κ2) is 4.96. The Labute approximate surface area is 113 Å². The fourth-order valence-corrected chi connectivity index (χ4v) is 1.95. The largest absolute Gasteiger partial charge is 0.496 e. The molecule has 0 amide bonds. The molecule has 0 saturated carbocycles. The topological polar surface area (TPSA) is 47.1 Å². The highest BCUT2D eigenvalue weighted by Gasteiger charge is 2.20. The van der Waals surface area contributed by atoms with Gasteiger partial charge in [0.1, 0.15) is 17.3 Å². The first-order chi connectivity index (χ1) is 8.97. The Hall–Kier alpha value is -1.97. The highest BCUT2D eigenvalue weighted by atomic mass is 16.5. The molecule has 0 aliphatic rings. The predicted octanol–water partition coefficient (Wildman–Crippen LogP) is 3.39. The van der Waals surface area contributed by atoms with Crippen LogP contribution in [0.15, 0.2) is 24.4 Å². The van der Waals surface area contributed by atoms with Crippen LogP contribution in [0.3, 0.4) is 0 Å². The fourth-order valence-electron chi connectivity index (χ4n) is 1.95. The van der Waals surface area contributed by atoms with Crippen molar-refractivity contribution >= 4 is 0 Å². The number of nitrogens with zero attached hydrogens (tertiary/aromatic N) is 1. The summed E-state index contributed by atoms with van der Waals surface area (Å²) in [5, 5.41) is 0. The smallest absolute Gasteiger partial charge is 0.131 e. The van der Waals surface area contributed by atoms with Crippen molar-refractivity contribution in [3.8, 4) is 22.8 Å². The zero-order valence-corrected chi connectivity index (χ0v) is 12.1. The summed E-state index contributed by atoms with van der Waals surface area (Å²) in [6, 6.07) is 5.73. The Balaban J connectivity index is 2.55. The molecule has 0 bridgehead atoms. The Morgan fingerprint density at radius 3 is 2.05 bits per heavy atom. The third-order valence-electron chi connectivity index (χ3n) is 2.98. The molecular weight excluding hydrogens is 240 g/mol. The molecule has 0 fully saturated rings. The van der Waals surface area contributed by atoms with Gasteiger partial charge in [0.2, 0.25) is 0 Å². The van der Waals surface area contributed by atoms with E-state index in [-0.39, 0.29) is 5.41 Å². The van der Waals surface area contributed by atoms with E-state index in [2.05, 4.69) is 30.7 Å². The summed E-state index contributed by atoms with van der Waals surface area (Å²) in [5.41, 5.74) is 1.78. The molecule has 0 aliphatic heterocycles. The molecule has 4 nitrogen and oxygen atoms in total. The molecule has 1 aromatic carbocycles. The molecule has 0 atom stereocenters. The van der Waals surface area contributed by atoms with Crippen molar-refractivity contribution < 1.29 is 9.47 Å². The van der Waals surface area contributed by atoms with Crippen molar-refractivity contribution in [3.63, 3.8) is 0 Å². The van der Waals surface area contributed by atoms with E-state index in [0.29, 0.717) is 0 Å². The minimum absolute atomic E-state index is 0.0203. The average molecular weight is 260 g/mol. The summed E-state index contributed by atoms with van der Waals surface area (Å²) in [4.78, 5) is 7.80. The number of aromatic amines is 1. The van der Waals surface area contributed by atoms with Crippen molar-refractivity contribution in [2.75, 3.05) is 14.2 Å². The molecule has 0 spiro atoms.